The normalized spacial score (nSPS) is 14.6. The van der Waals surface area contributed by atoms with Crippen LogP contribution >= 0.6 is 11.8 Å². The number of carbonyl (C=O) groups is 1. The number of rotatable bonds is 7. The molecule has 0 aromatic heterocycles. The summed E-state index contributed by atoms with van der Waals surface area (Å²) in [6, 6.07) is 0.0141. The molecule has 0 aliphatic carbocycles. The molecule has 0 aliphatic rings. The van der Waals surface area contributed by atoms with Gasteiger partial charge in [0, 0.05) is 12.2 Å². The molecule has 18 heavy (non-hydrogen) atoms. The van der Waals surface area contributed by atoms with Crippen molar-refractivity contribution in [2.24, 2.45) is 10.8 Å². The maximum absolute atomic E-state index is 12.1. The number of Topliss-reactive ketones (excluding diaryl/α,β-unsaturated/α-hetero) is 1. The van der Waals surface area contributed by atoms with Crippen molar-refractivity contribution < 1.29 is 4.79 Å². The van der Waals surface area contributed by atoms with Crippen molar-refractivity contribution >= 4 is 17.5 Å². The summed E-state index contributed by atoms with van der Waals surface area (Å²) in [6.45, 7) is 13.2. The Kier molecular flexibility index (Phi) is 7.53. The Morgan fingerprint density at radius 2 is 1.67 bits per heavy atom. The summed E-state index contributed by atoms with van der Waals surface area (Å²) in [4.78, 5) is 12.1. The zero-order valence-electron chi connectivity index (χ0n) is 13.2. The van der Waals surface area contributed by atoms with Gasteiger partial charge in [-0.2, -0.15) is 11.8 Å². The third kappa shape index (κ3) is 9.95. The second-order valence-corrected chi connectivity index (χ2v) is 8.54. The molecule has 1 unspecified atom stereocenters. The molecule has 0 aliphatic heterocycles. The van der Waals surface area contributed by atoms with E-state index in [0.29, 0.717) is 17.6 Å². The predicted molar refractivity (Wildman–Crippen MR) is 83.3 cm³/mol. The molecule has 2 nitrogen and oxygen atoms in total. The summed E-state index contributed by atoms with van der Waals surface area (Å²) in [7, 11) is 1.89. The molecule has 1 atom stereocenters. The molecule has 0 saturated carbocycles. The first-order chi connectivity index (χ1) is 8.05. The topological polar surface area (TPSA) is 29.1 Å². The van der Waals surface area contributed by atoms with Crippen molar-refractivity contribution in [2.75, 3.05) is 18.6 Å². The number of ketones is 1. The summed E-state index contributed by atoms with van der Waals surface area (Å²) >= 11 is 1.89. The van der Waals surface area contributed by atoms with Gasteiger partial charge in [0.2, 0.25) is 0 Å². The second kappa shape index (κ2) is 7.54. The molecule has 108 valence electrons. The number of hydrogen-bond acceptors (Lipinski definition) is 3. The second-order valence-electron chi connectivity index (χ2n) is 7.44. The van der Waals surface area contributed by atoms with Gasteiger partial charge in [0.1, 0.15) is 0 Å². The van der Waals surface area contributed by atoms with Gasteiger partial charge < -0.3 is 5.32 Å². The molecule has 0 aromatic rings. The van der Waals surface area contributed by atoms with E-state index in [1.54, 1.807) is 0 Å². The Morgan fingerprint density at radius 3 is 2.06 bits per heavy atom. The first-order valence-electron chi connectivity index (χ1n) is 6.83. The Bertz CT molecular complexity index is 250. The van der Waals surface area contributed by atoms with Crippen LogP contribution in [0.4, 0.5) is 0 Å². The van der Waals surface area contributed by atoms with Crippen LogP contribution in [-0.2, 0) is 4.79 Å². The monoisotopic (exact) mass is 273 g/mol. The highest BCUT2D eigenvalue weighted by Gasteiger charge is 2.23. The fourth-order valence-corrected chi connectivity index (χ4v) is 2.82. The van der Waals surface area contributed by atoms with Gasteiger partial charge in [-0.15, -0.1) is 0 Å². The molecule has 0 rings (SSSR count). The van der Waals surface area contributed by atoms with E-state index in [9.17, 15) is 4.79 Å². The molecule has 0 fully saturated rings. The van der Waals surface area contributed by atoms with E-state index in [0.717, 1.165) is 17.9 Å². The SMILES string of the molecule is CNC(CC(C)(C)C)C(=O)CCSCC(C)(C)C. The first kappa shape index (κ1) is 18.0. The van der Waals surface area contributed by atoms with E-state index in [2.05, 4.69) is 46.9 Å². The fourth-order valence-electron chi connectivity index (χ4n) is 1.71. The highest BCUT2D eigenvalue weighted by Crippen LogP contribution is 2.23. The van der Waals surface area contributed by atoms with Gasteiger partial charge in [-0.25, -0.2) is 0 Å². The summed E-state index contributed by atoms with van der Waals surface area (Å²) in [5, 5.41) is 3.16. The Labute approximate surface area is 118 Å². The van der Waals surface area contributed by atoms with Crippen molar-refractivity contribution in [3.05, 3.63) is 0 Å². The zero-order valence-corrected chi connectivity index (χ0v) is 14.0. The average Bonchev–Trinajstić information content (AvgIpc) is 2.18. The molecule has 0 saturated heterocycles. The van der Waals surface area contributed by atoms with E-state index in [4.69, 9.17) is 0 Å². The lowest BCUT2D eigenvalue weighted by Crippen LogP contribution is -2.37. The molecule has 0 spiro atoms. The maximum atomic E-state index is 12.1. The standard InChI is InChI=1S/C15H31NOS/c1-14(2,3)10-12(16-7)13(17)8-9-18-11-15(4,5)6/h12,16H,8-11H2,1-7H3. The van der Waals surface area contributed by atoms with Gasteiger partial charge in [0.15, 0.2) is 5.78 Å². The quantitative estimate of drug-likeness (QED) is 0.716. The highest BCUT2D eigenvalue weighted by atomic mass is 32.2. The minimum atomic E-state index is 0.0141. The maximum Gasteiger partial charge on any atom is 0.150 e. The van der Waals surface area contributed by atoms with Gasteiger partial charge in [0.05, 0.1) is 6.04 Å². The number of thioether (sulfide) groups is 1. The number of likely N-dealkylation sites (N-methyl/N-ethyl adjacent to an activating group) is 1. The van der Waals surface area contributed by atoms with Crippen LogP contribution in [0.25, 0.3) is 0 Å². The zero-order chi connectivity index (χ0) is 14.4. The average molecular weight is 273 g/mol. The molecular formula is C15H31NOS. The van der Waals surface area contributed by atoms with Crippen LogP contribution in [0.15, 0.2) is 0 Å². The molecule has 0 amide bonds. The number of hydrogen-bond donors (Lipinski definition) is 1. The van der Waals surface area contributed by atoms with Gasteiger partial charge >= 0.3 is 0 Å². The van der Waals surface area contributed by atoms with Crippen molar-refractivity contribution in [1.82, 2.24) is 5.32 Å². The van der Waals surface area contributed by atoms with Crippen LogP contribution < -0.4 is 5.32 Å². The van der Waals surface area contributed by atoms with Crippen molar-refractivity contribution in [3.8, 4) is 0 Å². The van der Waals surface area contributed by atoms with E-state index >= 15 is 0 Å². The van der Waals surface area contributed by atoms with E-state index in [-0.39, 0.29) is 11.5 Å². The molecular weight excluding hydrogens is 242 g/mol. The molecule has 1 N–H and O–H groups in total. The van der Waals surface area contributed by atoms with Crippen LogP contribution in [0.5, 0.6) is 0 Å². The Morgan fingerprint density at radius 1 is 1.11 bits per heavy atom. The van der Waals surface area contributed by atoms with Crippen molar-refractivity contribution in [2.45, 2.75) is 60.4 Å². The largest absolute Gasteiger partial charge is 0.311 e. The Hall–Kier alpha value is -0.0200. The molecule has 0 heterocycles. The van der Waals surface area contributed by atoms with Gasteiger partial charge in [-0.05, 0) is 30.1 Å². The Balaban J connectivity index is 3.99. The first-order valence-corrected chi connectivity index (χ1v) is 7.98. The van der Waals surface area contributed by atoms with Crippen LogP contribution in [-0.4, -0.2) is 30.4 Å². The van der Waals surface area contributed by atoms with Crippen molar-refractivity contribution in [3.63, 3.8) is 0 Å². The minimum absolute atomic E-state index is 0.0141. The van der Waals surface area contributed by atoms with Gasteiger partial charge in [-0.1, -0.05) is 41.5 Å². The van der Waals surface area contributed by atoms with Crippen molar-refractivity contribution in [1.29, 1.82) is 0 Å². The fraction of sp³-hybridized carbons (Fsp3) is 0.933. The summed E-state index contributed by atoms with van der Waals surface area (Å²) in [5.41, 5.74) is 0.545. The third-order valence-corrected chi connectivity index (χ3v) is 4.14. The smallest absolute Gasteiger partial charge is 0.150 e. The third-order valence-electron chi connectivity index (χ3n) is 2.58. The number of nitrogens with one attached hydrogen (secondary N) is 1. The summed E-state index contributed by atoms with van der Waals surface area (Å²) in [5.74, 6) is 2.41. The van der Waals surface area contributed by atoms with Crippen LogP contribution in [0.2, 0.25) is 0 Å². The van der Waals surface area contributed by atoms with E-state index in [1.807, 2.05) is 18.8 Å². The lowest BCUT2D eigenvalue weighted by atomic mass is 9.86. The molecule has 3 heteroatoms. The van der Waals surface area contributed by atoms with E-state index < -0.39 is 0 Å². The predicted octanol–water partition coefficient (Wildman–Crippen LogP) is 3.75. The van der Waals surface area contributed by atoms with Gasteiger partial charge in [-0.3, -0.25) is 4.79 Å². The molecule has 0 bridgehead atoms. The van der Waals surface area contributed by atoms with Gasteiger partial charge in [0.25, 0.3) is 0 Å². The van der Waals surface area contributed by atoms with Crippen LogP contribution in [0.3, 0.4) is 0 Å². The van der Waals surface area contributed by atoms with E-state index in [1.165, 1.54) is 0 Å². The molecule has 0 radical (unpaired) electrons. The highest BCUT2D eigenvalue weighted by molar-refractivity contribution is 7.99. The van der Waals surface area contributed by atoms with Crippen LogP contribution in [0.1, 0.15) is 54.4 Å². The lowest BCUT2D eigenvalue weighted by molar-refractivity contribution is -0.121. The minimum Gasteiger partial charge on any atom is -0.311 e. The molecule has 0 aromatic carbocycles. The summed E-state index contributed by atoms with van der Waals surface area (Å²) in [6.07, 6.45) is 1.59. The summed E-state index contributed by atoms with van der Waals surface area (Å²) < 4.78 is 0. The number of carbonyl (C=O) groups excluding carboxylic acids is 1. The van der Waals surface area contributed by atoms with Crippen LogP contribution in [0, 0.1) is 10.8 Å². The lowest BCUT2D eigenvalue weighted by Gasteiger charge is -2.25.